The van der Waals surface area contributed by atoms with Crippen molar-refractivity contribution in [3.8, 4) is 5.75 Å². The molecule has 1 amide bonds. The number of ether oxygens (including phenoxy) is 1. The lowest BCUT2D eigenvalue weighted by molar-refractivity contribution is -0.134. The number of benzene rings is 1. The van der Waals surface area contributed by atoms with Gasteiger partial charge < -0.3 is 9.64 Å². The van der Waals surface area contributed by atoms with E-state index in [0.29, 0.717) is 14.6 Å². The van der Waals surface area contributed by atoms with Gasteiger partial charge in [-0.25, -0.2) is 12.8 Å². The number of piperazine rings is 1. The molecule has 0 spiro atoms. The first-order valence-electron chi connectivity index (χ1n) is 7.88. The van der Waals surface area contributed by atoms with Crippen molar-refractivity contribution in [3.05, 3.63) is 45.0 Å². The molecule has 1 aliphatic rings. The molecule has 3 rings (SSSR count). The summed E-state index contributed by atoms with van der Waals surface area (Å²) in [5.74, 6) is -0.312. The Morgan fingerprint density at radius 2 is 1.93 bits per heavy atom. The Balaban J connectivity index is 1.55. The van der Waals surface area contributed by atoms with Crippen LogP contribution < -0.4 is 4.74 Å². The maximum Gasteiger partial charge on any atom is 0.260 e. The highest BCUT2D eigenvalue weighted by atomic mass is 79.9. The molecule has 2 heterocycles. The Kier molecular flexibility index (Phi) is 6.42. The van der Waals surface area contributed by atoms with Crippen LogP contribution in [0.25, 0.3) is 0 Å². The first-order chi connectivity index (χ1) is 12.8. The number of carbonyl (C=O) groups excluding carboxylic acids is 1. The molecule has 27 heavy (non-hydrogen) atoms. The second kappa shape index (κ2) is 8.44. The molecule has 1 fully saturated rings. The summed E-state index contributed by atoms with van der Waals surface area (Å²) in [6.07, 6.45) is 0. The summed E-state index contributed by atoms with van der Waals surface area (Å²) < 4.78 is 46.0. The van der Waals surface area contributed by atoms with Crippen molar-refractivity contribution in [2.24, 2.45) is 0 Å². The Morgan fingerprint density at radius 3 is 2.52 bits per heavy atom. The average molecular weight is 498 g/mol. The molecular formula is C16H15BrClFN2O4S2. The standard InChI is InChI=1S/C16H15BrClFN2O4S2/c17-12-9-11(19)1-2-13(12)25-10-15(22)20-5-7-21(8-6-20)27(23,24)16-4-3-14(18)26-16/h1-4,9H,5-8,10H2. The van der Waals surface area contributed by atoms with Gasteiger partial charge in [-0.1, -0.05) is 11.6 Å². The molecule has 1 saturated heterocycles. The molecule has 0 bridgehead atoms. The molecule has 146 valence electrons. The summed E-state index contributed by atoms with van der Waals surface area (Å²) in [6, 6.07) is 6.95. The molecular weight excluding hydrogens is 483 g/mol. The van der Waals surface area contributed by atoms with Crippen molar-refractivity contribution in [1.82, 2.24) is 9.21 Å². The number of amides is 1. The zero-order valence-electron chi connectivity index (χ0n) is 13.9. The van der Waals surface area contributed by atoms with Crippen LogP contribution in [-0.4, -0.2) is 56.3 Å². The van der Waals surface area contributed by atoms with E-state index in [1.54, 1.807) is 11.0 Å². The van der Waals surface area contributed by atoms with Crippen LogP contribution in [-0.2, 0) is 14.8 Å². The predicted molar refractivity (Wildman–Crippen MR) is 104 cm³/mol. The summed E-state index contributed by atoms with van der Waals surface area (Å²) in [4.78, 5) is 13.9. The van der Waals surface area contributed by atoms with E-state index in [9.17, 15) is 17.6 Å². The SMILES string of the molecule is O=C(COc1ccc(F)cc1Br)N1CCN(S(=O)(=O)c2ccc(Cl)s2)CC1. The van der Waals surface area contributed by atoms with Gasteiger partial charge in [-0.3, -0.25) is 4.79 Å². The van der Waals surface area contributed by atoms with Crippen LogP contribution >= 0.6 is 38.9 Å². The molecule has 0 aliphatic carbocycles. The number of nitrogens with zero attached hydrogens (tertiary/aromatic N) is 2. The van der Waals surface area contributed by atoms with E-state index in [0.717, 1.165) is 11.3 Å². The molecule has 1 aromatic carbocycles. The lowest BCUT2D eigenvalue weighted by Gasteiger charge is -2.33. The molecule has 0 radical (unpaired) electrons. The van der Waals surface area contributed by atoms with Gasteiger partial charge in [0.15, 0.2) is 6.61 Å². The van der Waals surface area contributed by atoms with Crippen molar-refractivity contribution in [2.75, 3.05) is 32.8 Å². The number of halogens is 3. The van der Waals surface area contributed by atoms with E-state index in [2.05, 4.69) is 15.9 Å². The highest BCUT2D eigenvalue weighted by Gasteiger charge is 2.31. The number of sulfonamides is 1. The zero-order valence-corrected chi connectivity index (χ0v) is 17.9. The van der Waals surface area contributed by atoms with E-state index < -0.39 is 15.8 Å². The maximum absolute atomic E-state index is 13.1. The van der Waals surface area contributed by atoms with Gasteiger partial charge in [0, 0.05) is 26.2 Å². The number of hydrogen-bond acceptors (Lipinski definition) is 5. The lowest BCUT2D eigenvalue weighted by Crippen LogP contribution is -2.51. The van der Waals surface area contributed by atoms with E-state index >= 15 is 0 Å². The number of rotatable bonds is 5. The van der Waals surface area contributed by atoms with Crippen molar-refractivity contribution in [1.29, 1.82) is 0 Å². The fourth-order valence-electron chi connectivity index (χ4n) is 2.56. The molecule has 11 heteroatoms. The molecule has 0 atom stereocenters. The van der Waals surface area contributed by atoms with Gasteiger partial charge in [-0.2, -0.15) is 4.31 Å². The summed E-state index contributed by atoms with van der Waals surface area (Å²) in [6.45, 7) is 0.724. The minimum absolute atomic E-state index is 0.191. The zero-order chi connectivity index (χ0) is 19.6. The quantitative estimate of drug-likeness (QED) is 0.636. The van der Waals surface area contributed by atoms with Crippen molar-refractivity contribution >= 4 is 54.8 Å². The van der Waals surface area contributed by atoms with Crippen molar-refractivity contribution in [2.45, 2.75) is 4.21 Å². The van der Waals surface area contributed by atoms with Crippen LogP contribution in [0.2, 0.25) is 4.34 Å². The molecule has 2 aromatic rings. The van der Waals surface area contributed by atoms with Crippen LogP contribution in [0.15, 0.2) is 39.0 Å². The largest absolute Gasteiger partial charge is 0.483 e. The van der Waals surface area contributed by atoms with E-state index in [-0.39, 0.29) is 42.9 Å². The van der Waals surface area contributed by atoms with E-state index in [1.807, 2.05) is 0 Å². The molecule has 0 saturated carbocycles. The number of hydrogen-bond donors (Lipinski definition) is 0. The molecule has 0 unspecified atom stereocenters. The molecule has 1 aromatic heterocycles. The summed E-state index contributed by atoms with van der Waals surface area (Å²) in [5, 5.41) is 0. The number of thiophene rings is 1. The van der Waals surface area contributed by atoms with Gasteiger partial charge in [-0.05, 0) is 46.3 Å². The Labute approximate surface area is 173 Å². The predicted octanol–water partition coefficient (Wildman–Crippen LogP) is 3.22. The fraction of sp³-hybridized carbons (Fsp3) is 0.312. The van der Waals surface area contributed by atoms with Crippen LogP contribution in [0.1, 0.15) is 0 Å². The van der Waals surface area contributed by atoms with Crippen LogP contribution in [0, 0.1) is 5.82 Å². The summed E-state index contributed by atoms with van der Waals surface area (Å²) >= 11 is 10.0. The Morgan fingerprint density at radius 1 is 1.22 bits per heavy atom. The lowest BCUT2D eigenvalue weighted by atomic mass is 10.3. The van der Waals surface area contributed by atoms with E-state index in [1.165, 1.54) is 28.6 Å². The summed E-state index contributed by atoms with van der Waals surface area (Å²) in [5.41, 5.74) is 0. The van der Waals surface area contributed by atoms with Gasteiger partial charge >= 0.3 is 0 Å². The highest BCUT2D eigenvalue weighted by molar-refractivity contribution is 9.10. The second-order valence-corrected chi connectivity index (χ2v) is 10.4. The van der Waals surface area contributed by atoms with Crippen LogP contribution in [0.5, 0.6) is 5.75 Å². The van der Waals surface area contributed by atoms with Crippen LogP contribution in [0.3, 0.4) is 0 Å². The maximum atomic E-state index is 13.1. The first kappa shape index (κ1) is 20.5. The third-order valence-corrected chi connectivity index (χ3v) is 8.20. The topological polar surface area (TPSA) is 66.9 Å². The second-order valence-electron chi connectivity index (χ2n) is 5.71. The summed E-state index contributed by atoms with van der Waals surface area (Å²) in [7, 11) is -3.60. The average Bonchev–Trinajstić information content (AvgIpc) is 3.08. The Hall–Kier alpha value is -1.20. The number of carbonyl (C=O) groups is 1. The Bertz CT molecular complexity index is 946. The molecule has 1 aliphatic heterocycles. The van der Waals surface area contributed by atoms with Gasteiger partial charge in [0.25, 0.3) is 15.9 Å². The van der Waals surface area contributed by atoms with Gasteiger partial charge in [0.1, 0.15) is 15.8 Å². The van der Waals surface area contributed by atoms with Crippen molar-refractivity contribution in [3.63, 3.8) is 0 Å². The third kappa shape index (κ3) is 4.80. The fourth-order valence-corrected chi connectivity index (χ4v) is 6.09. The molecule has 0 N–H and O–H groups in total. The normalized spacial score (nSPS) is 15.7. The minimum atomic E-state index is -3.60. The van der Waals surface area contributed by atoms with Gasteiger partial charge in [0.2, 0.25) is 0 Å². The monoisotopic (exact) mass is 496 g/mol. The smallest absolute Gasteiger partial charge is 0.260 e. The van der Waals surface area contributed by atoms with Crippen molar-refractivity contribution < 1.29 is 22.3 Å². The van der Waals surface area contributed by atoms with Gasteiger partial charge in [0.05, 0.1) is 8.81 Å². The molecule has 6 nitrogen and oxygen atoms in total. The first-order valence-corrected chi connectivity index (χ1v) is 11.3. The highest BCUT2D eigenvalue weighted by Crippen LogP contribution is 2.29. The minimum Gasteiger partial charge on any atom is -0.483 e. The third-order valence-electron chi connectivity index (χ3n) is 3.98. The van der Waals surface area contributed by atoms with Crippen LogP contribution in [0.4, 0.5) is 4.39 Å². The van der Waals surface area contributed by atoms with Gasteiger partial charge in [-0.15, -0.1) is 11.3 Å². The van der Waals surface area contributed by atoms with E-state index in [4.69, 9.17) is 16.3 Å².